The second kappa shape index (κ2) is 26.4. The van der Waals surface area contributed by atoms with Crippen LogP contribution in [0.5, 0.6) is 0 Å². The van der Waals surface area contributed by atoms with Gasteiger partial charge in [-0.3, -0.25) is 4.18 Å². The molecule has 0 bridgehead atoms. The summed E-state index contributed by atoms with van der Waals surface area (Å²) >= 11 is 0. The minimum absolute atomic E-state index is 0.0914. The molecule has 2 unspecified atom stereocenters. The number of hydrogen-bond acceptors (Lipinski definition) is 4. The lowest BCUT2D eigenvalue weighted by molar-refractivity contribution is -0.930. The first-order chi connectivity index (χ1) is 17.2. The van der Waals surface area contributed by atoms with Crippen molar-refractivity contribution in [2.75, 3.05) is 26.7 Å². The van der Waals surface area contributed by atoms with Crippen LogP contribution >= 0.6 is 0 Å². The molecule has 0 aromatic heterocycles. The first-order valence-electron chi connectivity index (χ1n) is 15.6. The van der Waals surface area contributed by atoms with Crippen LogP contribution in [0, 0.1) is 0 Å². The standard InChI is InChI=1S/C28H60N.C2H6O4S/c1-6-9-11-13-15-17-19-21-23-25-27-29(5,8-3)28(4)26-24-22-20-18-16-14-12-10-7-2;1-2-6-7(3,4)5/h28H,6-27H2,1-5H3;2H2,1H3,(H,3,4,5)/q+1;/p-1. The van der Waals surface area contributed by atoms with Crippen LogP contribution in [0.2, 0.25) is 0 Å². The van der Waals surface area contributed by atoms with Crippen LogP contribution in [0.3, 0.4) is 0 Å². The minimum Gasteiger partial charge on any atom is -0.726 e. The van der Waals surface area contributed by atoms with E-state index in [0.29, 0.717) is 0 Å². The quantitative estimate of drug-likeness (QED) is 0.0506. The van der Waals surface area contributed by atoms with Crippen molar-refractivity contribution in [1.82, 2.24) is 0 Å². The highest BCUT2D eigenvalue weighted by Crippen LogP contribution is 2.20. The Morgan fingerprint density at radius 1 is 0.639 bits per heavy atom. The van der Waals surface area contributed by atoms with Gasteiger partial charge in [0.05, 0.1) is 32.8 Å². The summed E-state index contributed by atoms with van der Waals surface area (Å²) in [5.74, 6) is 0. The summed E-state index contributed by atoms with van der Waals surface area (Å²) in [6, 6.07) is 0.836. The van der Waals surface area contributed by atoms with Gasteiger partial charge < -0.3 is 9.04 Å². The molecular formula is C30H65NO4S. The molecule has 0 heterocycles. The molecular weight excluding hydrogens is 470 g/mol. The first-order valence-corrected chi connectivity index (χ1v) is 16.9. The van der Waals surface area contributed by atoms with Gasteiger partial charge in [-0.25, -0.2) is 8.42 Å². The molecule has 0 rings (SSSR count). The molecule has 2 atom stereocenters. The Balaban J connectivity index is 0. The third-order valence-corrected chi connectivity index (χ3v) is 8.32. The average Bonchev–Trinajstić information content (AvgIpc) is 2.83. The van der Waals surface area contributed by atoms with E-state index in [-0.39, 0.29) is 6.61 Å². The third-order valence-electron chi connectivity index (χ3n) is 7.80. The van der Waals surface area contributed by atoms with E-state index >= 15 is 0 Å². The van der Waals surface area contributed by atoms with Gasteiger partial charge in [-0.05, 0) is 46.5 Å². The van der Waals surface area contributed by atoms with Gasteiger partial charge in [0.25, 0.3) is 0 Å². The fourth-order valence-electron chi connectivity index (χ4n) is 4.86. The van der Waals surface area contributed by atoms with E-state index in [9.17, 15) is 13.0 Å². The summed E-state index contributed by atoms with van der Waals surface area (Å²) in [4.78, 5) is 0. The first kappa shape index (κ1) is 38.0. The van der Waals surface area contributed by atoms with Gasteiger partial charge >= 0.3 is 0 Å². The summed E-state index contributed by atoms with van der Waals surface area (Å²) in [5, 5.41) is 0. The van der Waals surface area contributed by atoms with Crippen molar-refractivity contribution in [3.63, 3.8) is 0 Å². The molecule has 0 N–H and O–H groups in total. The largest absolute Gasteiger partial charge is 0.726 e. The SMILES string of the molecule is CCCCCCCCCCCC[N+](C)(CC)C(C)CCCCCCCCCCC.CCOS(=O)(=O)[O-]. The molecule has 0 saturated carbocycles. The van der Waals surface area contributed by atoms with Crippen molar-refractivity contribution in [3.05, 3.63) is 0 Å². The summed E-state index contributed by atoms with van der Waals surface area (Å²) in [7, 11) is -1.90. The maximum absolute atomic E-state index is 9.45. The van der Waals surface area contributed by atoms with Crippen molar-refractivity contribution >= 4 is 10.4 Å². The lowest BCUT2D eigenvalue weighted by Crippen LogP contribution is -2.51. The molecule has 5 nitrogen and oxygen atoms in total. The van der Waals surface area contributed by atoms with E-state index in [1.54, 1.807) is 0 Å². The summed E-state index contributed by atoms with van der Waals surface area (Å²) in [5.41, 5.74) is 0. The van der Waals surface area contributed by atoms with Crippen LogP contribution in [0.1, 0.15) is 163 Å². The molecule has 0 saturated heterocycles. The van der Waals surface area contributed by atoms with Gasteiger partial charge in [-0.15, -0.1) is 0 Å². The van der Waals surface area contributed by atoms with Gasteiger partial charge in [0.1, 0.15) is 0 Å². The second-order valence-electron chi connectivity index (χ2n) is 11.0. The van der Waals surface area contributed by atoms with Crippen LogP contribution < -0.4 is 0 Å². The Morgan fingerprint density at radius 2 is 1.00 bits per heavy atom. The predicted molar refractivity (Wildman–Crippen MR) is 156 cm³/mol. The van der Waals surface area contributed by atoms with Crippen LogP contribution in [0.15, 0.2) is 0 Å². The number of hydrogen-bond donors (Lipinski definition) is 0. The zero-order valence-corrected chi connectivity index (χ0v) is 26.1. The molecule has 0 aliphatic carbocycles. The molecule has 0 aromatic rings. The van der Waals surface area contributed by atoms with E-state index in [2.05, 4.69) is 38.9 Å². The normalized spacial score (nSPS) is 14.2. The minimum atomic E-state index is -4.42. The Bertz CT molecular complexity index is 541. The third kappa shape index (κ3) is 26.9. The molecule has 36 heavy (non-hydrogen) atoms. The van der Waals surface area contributed by atoms with Crippen molar-refractivity contribution in [2.45, 2.75) is 169 Å². The van der Waals surface area contributed by atoms with Gasteiger partial charge in [-0.1, -0.05) is 117 Å². The number of unbranched alkanes of at least 4 members (excludes halogenated alkanes) is 17. The molecule has 0 spiro atoms. The Labute approximate surface area is 227 Å². The molecule has 6 heteroatoms. The number of rotatable bonds is 25. The lowest BCUT2D eigenvalue weighted by Gasteiger charge is -2.39. The van der Waals surface area contributed by atoms with E-state index in [4.69, 9.17) is 0 Å². The zero-order valence-electron chi connectivity index (χ0n) is 25.3. The van der Waals surface area contributed by atoms with Crippen LogP contribution in [-0.4, -0.2) is 50.2 Å². The smallest absolute Gasteiger partial charge is 0.217 e. The number of quaternary nitrogens is 1. The van der Waals surface area contributed by atoms with E-state index < -0.39 is 10.4 Å². The molecule has 0 amide bonds. The zero-order chi connectivity index (χ0) is 27.5. The van der Waals surface area contributed by atoms with Crippen molar-refractivity contribution in [1.29, 1.82) is 0 Å². The molecule has 0 aliphatic heterocycles. The average molecular weight is 536 g/mol. The fourth-order valence-corrected chi connectivity index (χ4v) is 5.15. The van der Waals surface area contributed by atoms with Gasteiger partial charge in [0.15, 0.2) is 0 Å². The van der Waals surface area contributed by atoms with Crippen molar-refractivity contribution in [2.24, 2.45) is 0 Å². The summed E-state index contributed by atoms with van der Waals surface area (Å²) in [6.45, 7) is 13.6. The maximum atomic E-state index is 9.45. The van der Waals surface area contributed by atoms with Crippen LogP contribution in [-0.2, 0) is 14.6 Å². The van der Waals surface area contributed by atoms with Gasteiger partial charge in [-0.2, -0.15) is 0 Å². The van der Waals surface area contributed by atoms with Crippen molar-refractivity contribution in [3.8, 4) is 0 Å². The Morgan fingerprint density at radius 3 is 1.31 bits per heavy atom. The van der Waals surface area contributed by atoms with Crippen LogP contribution in [0.4, 0.5) is 0 Å². The summed E-state index contributed by atoms with van der Waals surface area (Å²) < 4.78 is 33.3. The highest BCUT2D eigenvalue weighted by Gasteiger charge is 2.26. The number of nitrogens with zero attached hydrogens (tertiary/aromatic N) is 1. The monoisotopic (exact) mass is 535 g/mol. The van der Waals surface area contributed by atoms with E-state index in [1.165, 1.54) is 153 Å². The van der Waals surface area contributed by atoms with Gasteiger partial charge in [0.2, 0.25) is 10.4 Å². The lowest BCUT2D eigenvalue weighted by atomic mass is 10.0. The molecule has 220 valence electrons. The highest BCUT2D eigenvalue weighted by atomic mass is 32.3. The molecule has 0 radical (unpaired) electrons. The predicted octanol–water partition coefficient (Wildman–Crippen LogP) is 9.17. The van der Waals surface area contributed by atoms with E-state index in [1.807, 2.05) is 0 Å². The van der Waals surface area contributed by atoms with E-state index in [0.717, 1.165) is 6.04 Å². The van der Waals surface area contributed by atoms with Crippen LogP contribution in [0.25, 0.3) is 0 Å². The Hall–Kier alpha value is -0.170. The molecule has 0 aliphatic rings. The molecule has 0 aromatic carbocycles. The fraction of sp³-hybridized carbons (Fsp3) is 1.00. The van der Waals surface area contributed by atoms with Gasteiger partial charge in [0, 0.05) is 0 Å². The van der Waals surface area contributed by atoms with Crippen molar-refractivity contribution < 1.29 is 21.6 Å². The highest BCUT2D eigenvalue weighted by molar-refractivity contribution is 7.80. The maximum Gasteiger partial charge on any atom is 0.217 e. The second-order valence-corrected chi connectivity index (χ2v) is 12.0. The summed E-state index contributed by atoms with van der Waals surface area (Å²) in [6.07, 6.45) is 28.9. The topological polar surface area (TPSA) is 66.4 Å². The molecule has 0 fully saturated rings. The Kier molecular flexibility index (Phi) is 27.9.